The van der Waals surface area contributed by atoms with Gasteiger partial charge in [-0.05, 0) is 0 Å². The molecule has 4 heteroatoms. The summed E-state index contributed by atoms with van der Waals surface area (Å²) in [4.78, 5) is 12.8. The van der Waals surface area contributed by atoms with Gasteiger partial charge in [-0.3, -0.25) is 4.79 Å². The van der Waals surface area contributed by atoms with Crippen molar-refractivity contribution >= 4 is 17.7 Å². The molecule has 0 amide bonds. The maximum Gasteiger partial charge on any atom is 0.308 e. The molecule has 0 saturated heterocycles. The van der Waals surface area contributed by atoms with Gasteiger partial charge in [0.05, 0.1) is 11.6 Å². The molecule has 64 valence electrons. The molecule has 3 nitrogen and oxygen atoms in total. The minimum atomic E-state index is -0.237. The molecule has 2 aliphatic rings. The summed E-state index contributed by atoms with van der Waals surface area (Å²) < 4.78 is 5.05. The molecular weight excluding hydrogens is 174 g/mol. The maximum atomic E-state index is 10.7. The zero-order chi connectivity index (χ0) is 8.55. The van der Waals surface area contributed by atoms with Crippen molar-refractivity contribution in [1.82, 2.24) is 4.90 Å². The second-order valence-electron chi connectivity index (χ2n) is 2.66. The van der Waals surface area contributed by atoms with Crippen molar-refractivity contribution in [1.29, 1.82) is 0 Å². The van der Waals surface area contributed by atoms with Gasteiger partial charge in [-0.25, -0.2) is 0 Å². The molecule has 0 atom stereocenters. The smallest absolute Gasteiger partial charge is 0.308 e. The van der Waals surface area contributed by atoms with E-state index >= 15 is 0 Å². The Morgan fingerprint density at radius 3 is 3.33 bits per heavy atom. The average Bonchev–Trinajstić information content (AvgIpc) is 2.52. The summed E-state index contributed by atoms with van der Waals surface area (Å²) in [5, 5.41) is 0.771. The third-order valence-electron chi connectivity index (χ3n) is 1.75. The number of carbonyl (C=O) groups excluding carboxylic acids is 1. The molecule has 2 heterocycles. The Balaban J connectivity index is 2.15. The Kier molecular flexibility index (Phi) is 1.84. The van der Waals surface area contributed by atoms with Crippen molar-refractivity contribution < 1.29 is 9.53 Å². The van der Waals surface area contributed by atoms with Crippen molar-refractivity contribution in [3.8, 4) is 0 Å². The van der Waals surface area contributed by atoms with Gasteiger partial charge in [0.2, 0.25) is 0 Å². The van der Waals surface area contributed by atoms with Gasteiger partial charge < -0.3 is 9.64 Å². The Hall–Kier alpha value is -0.900. The Labute approximate surface area is 75.1 Å². The van der Waals surface area contributed by atoms with Crippen LogP contribution in [0.5, 0.6) is 0 Å². The SMILES string of the molecule is CC(=O)OC1=C2CC=CN2CS1. The van der Waals surface area contributed by atoms with Crippen LogP contribution in [0.2, 0.25) is 0 Å². The molecular formula is C8H9NO2S. The predicted molar refractivity (Wildman–Crippen MR) is 46.8 cm³/mol. The quantitative estimate of drug-likeness (QED) is 0.578. The first-order valence-corrected chi connectivity index (χ1v) is 4.73. The Morgan fingerprint density at radius 2 is 2.58 bits per heavy atom. The zero-order valence-corrected chi connectivity index (χ0v) is 7.56. The van der Waals surface area contributed by atoms with Crippen molar-refractivity contribution in [3.63, 3.8) is 0 Å². The van der Waals surface area contributed by atoms with E-state index in [9.17, 15) is 4.79 Å². The van der Waals surface area contributed by atoms with Crippen LogP contribution in [0.15, 0.2) is 23.1 Å². The topological polar surface area (TPSA) is 29.5 Å². The summed E-state index contributed by atoms with van der Waals surface area (Å²) in [5.41, 5.74) is 1.12. The van der Waals surface area contributed by atoms with Crippen LogP contribution in [0.25, 0.3) is 0 Å². The number of allylic oxidation sites excluding steroid dienone is 1. The van der Waals surface area contributed by atoms with Crippen LogP contribution in [-0.2, 0) is 9.53 Å². The lowest BCUT2D eigenvalue weighted by atomic mass is 10.4. The molecule has 2 rings (SSSR count). The van der Waals surface area contributed by atoms with E-state index in [4.69, 9.17) is 4.74 Å². The number of nitrogens with zero attached hydrogens (tertiary/aromatic N) is 1. The molecule has 0 aromatic heterocycles. The normalized spacial score (nSPS) is 20.2. The lowest BCUT2D eigenvalue weighted by Gasteiger charge is -2.07. The summed E-state index contributed by atoms with van der Waals surface area (Å²) in [7, 11) is 0. The van der Waals surface area contributed by atoms with Crippen LogP contribution < -0.4 is 0 Å². The Bertz CT molecular complexity index is 283. The number of esters is 1. The lowest BCUT2D eigenvalue weighted by molar-refractivity contribution is -0.135. The highest BCUT2D eigenvalue weighted by Gasteiger charge is 2.25. The van der Waals surface area contributed by atoms with E-state index in [2.05, 4.69) is 11.0 Å². The predicted octanol–water partition coefficient (Wildman–Crippen LogP) is 1.64. The molecule has 0 fully saturated rings. The molecule has 0 aliphatic carbocycles. The van der Waals surface area contributed by atoms with Crippen LogP contribution in [0.4, 0.5) is 0 Å². The van der Waals surface area contributed by atoms with E-state index < -0.39 is 0 Å². The third-order valence-corrected chi connectivity index (χ3v) is 2.74. The minimum Gasteiger partial charge on any atom is -0.418 e. The van der Waals surface area contributed by atoms with Gasteiger partial charge in [-0.15, -0.1) is 0 Å². The summed E-state index contributed by atoms with van der Waals surface area (Å²) in [6.07, 6.45) is 4.98. The van der Waals surface area contributed by atoms with Gasteiger partial charge in [-0.1, -0.05) is 17.8 Å². The largest absolute Gasteiger partial charge is 0.418 e. The number of carbonyl (C=O) groups is 1. The number of hydrogen-bond acceptors (Lipinski definition) is 4. The second kappa shape index (κ2) is 2.86. The molecule has 0 bridgehead atoms. The fraction of sp³-hybridized carbons (Fsp3) is 0.375. The van der Waals surface area contributed by atoms with E-state index in [-0.39, 0.29) is 5.97 Å². The van der Waals surface area contributed by atoms with Gasteiger partial charge in [0.25, 0.3) is 0 Å². The van der Waals surface area contributed by atoms with E-state index in [0.29, 0.717) is 0 Å². The van der Waals surface area contributed by atoms with E-state index in [1.54, 1.807) is 11.8 Å². The molecule has 0 N–H and O–H groups in total. The van der Waals surface area contributed by atoms with E-state index in [1.807, 2.05) is 6.20 Å². The average molecular weight is 183 g/mol. The molecule has 12 heavy (non-hydrogen) atoms. The molecule has 0 radical (unpaired) electrons. The van der Waals surface area contributed by atoms with Gasteiger partial charge in [0.15, 0.2) is 5.09 Å². The number of ether oxygens (including phenoxy) is 1. The number of thioether (sulfide) groups is 1. The first-order valence-electron chi connectivity index (χ1n) is 3.75. The van der Waals surface area contributed by atoms with Crippen molar-refractivity contribution in [2.75, 3.05) is 5.88 Å². The Morgan fingerprint density at radius 1 is 1.75 bits per heavy atom. The zero-order valence-electron chi connectivity index (χ0n) is 6.74. The van der Waals surface area contributed by atoms with E-state index in [0.717, 1.165) is 23.1 Å². The highest BCUT2D eigenvalue weighted by molar-refractivity contribution is 8.03. The van der Waals surface area contributed by atoms with Gasteiger partial charge in [-0.2, -0.15) is 0 Å². The fourth-order valence-electron chi connectivity index (χ4n) is 1.25. The molecule has 2 aliphatic heterocycles. The number of hydrogen-bond donors (Lipinski definition) is 0. The summed E-state index contributed by atoms with van der Waals surface area (Å²) in [6.45, 7) is 1.43. The second-order valence-corrected chi connectivity index (χ2v) is 3.58. The van der Waals surface area contributed by atoms with Crippen LogP contribution in [0, 0.1) is 0 Å². The molecule has 0 spiro atoms. The standard InChI is InChI=1S/C8H9NO2S/c1-6(10)11-8-7-3-2-4-9(7)5-12-8/h2,4H,3,5H2,1H3. The van der Waals surface area contributed by atoms with Crippen LogP contribution >= 0.6 is 11.8 Å². The lowest BCUT2D eigenvalue weighted by Crippen LogP contribution is -2.06. The van der Waals surface area contributed by atoms with Crippen molar-refractivity contribution in [2.45, 2.75) is 13.3 Å². The van der Waals surface area contributed by atoms with Gasteiger partial charge >= 0.3 is 5.97 Å². The van der Waals surface area contributed by atoms with Crippen LogP contribution in [0.3, 0.4) is 0 Å². The van der Waals surface area contributed by atoms with Crippen molar-refractivity contribution in [2.24, 2.45) is 0 Å². The monoisotopic (exact) mass is 183 g/mol. The summed E-state index contributed by atoms with van der Waals surface area (Å²) in [6, 6.07) is 0. The summed E-state index contributed by atoms with van der Waals surface area (Å²) >= 11 is 1.57. The van der Waals surface area contributed by atoms with Gasteiger partial charge in [0.1, 0.15) is 0 Å². The van der Waals surface area contributed by atoms with Gasteiger partial charge in [0, 0.05) is 19.5 Å². The molecule has 0 aromatic carbocycles. The highest BCUT2D eigenvalue weighted by Crippen LogP contribution is 2.37. The summed E-state index contributed by atoms with van der Waals surface area (Å²) in [5.74, 6) is 0.632. The van der Waals surface area contributed by atoms with Crippen molar-refractivity contribution in [3.05, 3.63) is 23.1 Å². The highest BCUT2D eigenvalue weighted by atomic mass is 32.2. The number of fused-ring (bicyclic) bond motifs is 1. The maximum absolute atomic E-state index is 10.7. The third kappa shape index (κ3) is 1.22. The molecule has 0 saturated carbocycles. The first kappa shape index (κ1) is 7.73. The molecule has 0 aromatic rings. The van der Waals surface area contributed by atoms with Crippen LogP contribution in [0.1, 0.15) is 13.3 Å². The minimum absolute atomic E-state index is 0.237. The van der Waals surface area contributed by atoms with E-state index in [1.165, 1.54) is 6.92 Å². The number of rotatable bonds is 1. The van der Waals surface area contributed by atoms with Crippen LogP contribution in [-0.4, -0.2) is 16.7 Å². The fourth-order valence-corrected chi connectivity index (χ4v) is 2.29. The molecule has 0 unspecified atom stereocenters. The first-order chi connectivity index (χ1) is 5.77.